The minimum atomic E-state index is 0.866. The van der Waals surface area contributed by atoms with Gasteiger partial charge in [-0.15, -0.1) is 0 Å². The zero-order chi connectivity index (χ0) is 33.5. The Balaban J connectivity index is 1.31. The van der Waals surface area contributed by atoms with E-state index in [1.807, 2.05) is 12.1 Å². The Morgan fingerprint density at radius 2 is 1.02 bits per heavy atom. The number of fused-ring (bicyclic) bond motifs is 11. The predicted molar refractivity (Wildman–Crippen MR) is 215 cm³/mol. The Bertz CT molecular complexity index is 3150. The summed E-state index contributed by atoms with van der Waals surface area (Å²) in [6.07, 6.45) is 0. The van der Waals surface area contributed by atoms with Crippen molar-refractivity contribution >= 4 is 93.1 Å². The van der Waals surface area contributed by atoms with Gasteiger partial charge in [-0.1, -0.05) is 127 Å². The zero-order valence-electron chi connectivity index (χ0n) is 27.6. The van der Waals surface area contributed by atoms with Gasteiger partial charge in [-0.2, -0.15) is 0 Å². The van der Waals surface area contributed by atoms with Gasteiger partial charge in [0.15, 0.2) is 0 Å². The van der Waals surface area contributed by atoms with Crippen LogP contribution in [0.4, 0.5) is 17.1 Å². The molecule has 0 amide bonds. The number of rotatable bonds is 4. The lowest BCUT2D eigenvalue weighted by Gasteiger charge is -2.29. The van der Waals surface area contributed by atoms with Crippen LogP contribution in [0.3, 0.4) is 0 Å². The van der Waals surface area contributed by atoms with Gasteiger partial charge in [0.25, 0.3) is 0 Å². The maximum Gasteiger partial charge on any atom is 0.137 e. The number of para-hydroxylation sites is 4. The largest absolute Gasteiger partial charge is 0.456 e. The number of aromatic nitrogens is 1. The SMILES string of the molecule is c1ccc(-n2c3ccccc3c3cccc(N(c4ccc5c(c4)oc4ccccc45)c4cccc5ccc6ccc7ccccc7c6c45)c32)cc1. The van der Waals surface area contributed by atoms with Crippen molar-refractivity contribution < 1.29 is 4.42 Å². The second-order valence-corrected chi connectivity index (χ2v) is 13.3. The fourth-order valence-electron chi connectivity index (χ4n) is 8.33. The molecule has 0 radical (unpaired) electrons. The van der Waals surface area contributed by atoms with Crippen LogP contribution in [0.2, 0.25) is 0 Å². The Hall–Kier alpha value is -6.84. The lowest BCUT2D eigenvalue weighted by molar-refractivity contribution is 0.669. The van der Waals surface area contributed by atoms with E-state index in [1.54, 1.807) is 0 Å². The number of hydrogen-bond acceptors (Lipinski definition) is 2. The van der Waals surface area contributed by atoms with Gasteiger partial charge in [0, 0.05) is 44.4 Å². The highest BCUT2D eigenvalue weighted by Gasteiger charge is 2.24. The number of furan rings is 1. The molecule has 0 aliphatic carbocycles. The maximum atomic E-state index is 6.53. The number of benzene rings is 9. The van der Waals surface area contributed by atoms with E-state index in [-0.39, 0.29) is 0 Å². The van der Waals surface area contributed by atoms with E-state index in [0.717, 1.165) is 50.2 Å². The fourth-order valence-corrected chi connectivity index (χ4v) is 8.33. The predicted octanol–water partition coefficient (Wildman–Crippen LogP) is 13.6. The van der Waals surface area contributed by atoms with Crippen LogP contribution in [0.5, 0.6) is 0 Å². The summed E-state index contributed by atoms with van der Waals surface area (Å²) >= 11 is 0. The molecule has 11 rings (SSSR count). The van der Waals surface area contributed by atoms with Gasteiger partial charge in [0.05, 0.1) is 22.4 Å². The molecular weight excluding hydrogens is 621 g/mol. The van der Waals surface area contributed by atoms with Crippen molar-refractivity contribution in [1.29, 1.82) is 0 Å². The van der Waals surface area contributed by atoms with Crippen LogP contribution in [0.1, 0.15) is 0 Å². The van der Waals surface area contributed by atoms with Crippen LogP contribution >= 0.6 is 0 Å². The minimum absolute atomic E-state index is 0.866. The highest BCUT2D eigenvalue weighted by molar-refractivity contribution is 6.25. The Kier molecular flexibility index (Phi) is 5.96. The van der Waals surface area contributed by atoms with Crippen molar-refractivity contribution in [2.75, 3.05) is 4.90 Å². The Morgan fingerprint density at radius 3 is 1.90 bits per heavy atom. The quantitative estimate of drug-likeness (QED) is 0.177. The molecule has 0 spiro atoms. The second-order valence-electron chi connectivity index (χ2n) is 13.3. The normalized spacial score (nSPS) is 11.9. The molecule has 9 aromatic carbocycles. The van der Waals surface area contributed by atoms with E-state index >= 15 is 0 Å². The van der Waals surface area contributed by atoms with Crippen molar-refractivity contribution in [3.63, 3.8) is 0 Å². The monoisotopic (exact) mass is 650 g/mol. The van der Waals surface area contributed by atoms with Crippen LogP contribution in [0, 0.1) is 0 Å². The van der Waals surface area contributed by atoms with Crippen molar-refractivity contribution in [1.82, 2.24) is 4.57 Å². The molecular formula is C48H30N2O. The average Bonchev–Trinajstić information content (AvgIpc) is 3.74. The molecule has 0 atom stereocenters. The van der Waals surface area contributed by atoms with Gasteiger partial charge in [0.2, 0.25) is 0 Å². The topological polar surface area (TPSA) is 21.3 Å². The lowest BCUT2D eigenvalue weighted by Crippen LogP contribution is -2.12. The molecule has 238 valence electrons. The summed E-state index contributed by atoms with van der Waals surface area (Å²) in [6, 6.07) is 65.6. The summed E-state index contributed by atoms with van der Waals surface area (Å²) in [6.45, 7) is 0. The molecule has 11 aromatic rings. The van der Waals surface area contributed by atoms with E-state index in [1.165, 1.54) is 48.6 Å². The van der Waals surface area contributed by atoms with Gasteiger partial charge in [-0.25, -0.2) is 0 Å². The lowest BCUT2D eigenvalue weighted by atomic mass is 9.94. The highest BCUT2D eigenvalue weighted by atomic mass is 16.3. The summed E-state index contributed by atoms with van der Waals surface area (Å²) < 4.78 is 8.95. The van der Waals surface area contributed by atoms with Crippen LogP contribution in [-0.4, -0.2) is 4.57 Å². The Labute approximate surface area is 293 Å². The van der Waals surface area contributed by atoms with E-state index in [2.05, 4.69) is 179 Å². The third-order valence-electron chi connectivity index (χ3n) is 10.5. The van der Waals surface area contributed by atoms with Crippen LogP contribution in [0.25, 0.3) is 81.7 Å². The Morgan fingerprint density at radius 1 is 0.392 bits per heavy atom. The first-order valence-electron chi connectivity index (χ1n) is 17.4. The molecule has 0 saturated heterocycles. The molecule has 0 N–H and O–H groups in total. The minimum Gasteiger partial charge on any atom is -0.456 e. The first-order chi connectivity index (χ1) is 25.3. The summed E-state index contributed by atoms with van der Waals surface area (Å²) in [5, 5.41) is 12.0. The molecule has 2 aromatic heterocycles. The summed E-state index contributed by atoms with van der Waals surface area (Å²) in [5.41, 5.74) is 8.44. The molecule has 3 nitrogen and oxygen atoms in total. The highest BCUT2D eigenvalue weighted by Crippen LogP contribution is 2.48. The average molecular weight is 651 g/mol. The molecule has 51 heavy (non-hydrogen) atoms. The van der Waals surface area contributed by atoms with Crippen LogP contribution in [-0.2, 0) is 0 Å². The molecule has 3 heteroatoms. The van der Waals surface area contributed by atoms with Crippen molar-refractivity contribution in [3.8, 4) is 5.69 Å². The van der Waals surface area contributed by atoms with Gasteiger partial charge in [0.1, 0.15) is 11.2 Å². The van der Waals surface area contributed by atoms with Gasteiger partial charge in [-0.05, 0) is 75.5 Å². The van der Waals surface area contributed by atoms with Crippen LogP contribution < -0.4 is 4.90 Å². The zero-order valence-corrected chi connectivity index (χ0v) is 27.6. The smallest absolute Gasteiger partial charge is 0.137 e. The fraction of sp³-hybridized carbons (Fsp3) is 0. The van der Waals surface area contributed by atoms with Crippen molar-refractivity contribution in [2.24, 2.45) is 0 Å². The first kappa shape index (κ1) is 28.0. The van der Waals surface area contributed by atoms with E-state index < -0.39 is 0 Å². The molecule has 2 heterocycles. The molecule has 0 unspecified atom stereocenters. The van der Waals surface area contributed by atoms with Crippen molar-refractivity contribution in [2.45, 2.75) is 0 Å². The molecule has 0 aliphatic rings. The van der Waals surface area contributed by atoms with E-state index in [0.29, 0.717) is 0 Å². The molecule has 0 aliphatic heterocycles. The second kappa shape index (κ2) is 10.8. The van der Waals surface area contributed by atoms with Gasteiger partial charge < -0.3 is 13.9 Å². The number of anilines is 3. The molecule has 0 bridgehead atoms. The first-order valence-corrected chi connectivity index (χ1v) is 17.4. The third-order valence-corrected chi connectivity index (χ3v) is 10.5. The summed E-state index contributed by atoms with van der Waals surface area (Å²) in [7, 11) is 0. The maximum absolute atomic E-state index is 6.53. The van der Waals surface area contributed by atoms with Gasteiger partial charge in [-0.3, -0.25) is 0 Å². The van der Waals surface area contributed by atoms with Crippen LogP contribution in [0.15, 0.2) is 186 Å². The van der Waals surface area contributed by atoms with E-state index in [9.17, 15) is 0 Å². The molecule has 0 saturated carbocycles. The number of hydrogen-bond donors (Lipinski definition) is 0. The summed E-state index contributed by atoms with van der Waals surface area (Å²) in [4.78, 5) is 2.46. The third kappa shape index (κ3) is 4.12. The standard InChI is InChI=1S/C48H30N2O/c1-2-14-34(15-3-1)50-41-20-8-6-17-37(41)40-19-11-22-43(48(40)50)49(35-28-29-39-38-18-7-9-23-44(38)51-45(39)30-35)42-21-10-13-32-26-27-33-25-24-31-12-4-5-16-36(31)46(33)47(32)42/h1-30H. The summed E-state index contributed by atoms with van der Waals surface area (Å²) in [5.74, 6) is 0. The molecule has 0 fully saturated rings. The van der Waals surface area contributed by atoms with E-state index in [4.69, 9.17) is 4.42 Å². The van der Waals surface area contributed by atoms with Crippen molar-refractivity contribution in [3.05, 3.63) is 182 Å². The van der Waals surface area contributed by atoms with Gasteiger partial charge >= 0.3 is 0 Å². The number of nitrogens with zero attached hydrogens (tertiary/aromatic N) is 2.